The fourth-order valence-corrected chi connectivity index (χ4v) is 4.42. The minimum absolute atomic E-state index is 0.143. The fraction of sp³-hybridized carbons (Fsp3) is 0.276. The lowest BCUT2D eigenvalue weighted by molar-refractivity contribution is -0.140. The Morgan fingerprint density at radius 3 is 2.56 bits per heavy atom. The zero-order chi connectivity index (χ0) is 25.8. The SMILES string of the molecule is CCOc1ncc(C)c2c1[C@H](c1ccc(C#N)cc1OC)C(C(=O)OCc1ccc(C)cc1)=C(C)N2. The first kappa shape index (κ1) is 24.8. The Hall–Kier alpha value is -4.31. The number of ether oxygens (including phenoxy) is 3. The highest BCUT2D eigenvalue weighted by atomic mass is 16.5. The Balaban J connectivity index is 1.85. The lowest BCUT2D eigenvalue weighted by Gasteiger charge is -2.32. The predicted octanol–water partition coefficient (Wildman–Crippen LogP) is 5.55. The molecule has 2 aromatic carbocycles. The van der Waals surface area contributed by atoms with Gasteiger partial charge >= 0.3 is 5.97 Å². The van der Waals surface area contributed by atoms with E-state index < -0.39 is 11.9 Å². The molecule has 7 nitrogen and oxygen atoms in total. The minimum Gasteiger partial charge on any atom is -0.496 e. The number of rotatable bonds is 7. The predicted molar refractivity (Wildman–Crippen MR) is 137 cm³/mol. The zero-order valence-electron chi connectivity index (χ0n) is 21.1. The molecular weight excluding hydrogens is 454 g/mol. The van der Waals surface area contributed by atoms with Crippen molar-refractivity contribution in [2.45, 2.75) is 40.2 Å². The summed E-state index contributed by atoms with van der Waals surface area (Å²) in [7, 11) is 1.55. The van der Waals surface area contributed by atoms with Crippen LogP contribution in [0.5, 0.6) is 11.6 Å². The van der Waals surface area contributed by atoms with Gasteiger partial charge in [-0.3, -0.25) is 0 Å². The number of methoxy groups -OCH3 is 1. The van der Waals surface area contributed by atoms with E-state index in [0.717, 1.165) is 27.9 Å². The highest BCUT2D eigenvalue weighted by Gasteiger charge is 2.38. The first-order valence-electron chi connectivity index (χ1n) is 11.8. The molecule has 3 aromatic rings. The van der Waals surface area contributed by atoms with Crippen molar-refractivity contribution in [1.29, 1.82) is 5.26 Å². The normalized spacial score (nSPS) is 14.4. The van der Waals surface area contributed by atoms with E-state index in [1.165, 1.54) is 0 Å². The van der Waals surface area contributed by atoms with Crippen molar-refractivity contribution in [3.05, 3.63) is 93.3 Å². The maximum Gasteiger partial charge on any atom is 0.337 e. The molecule has 0 saturated heterocycles. The monoisotopic (exact) mass is 483 g/mol. The van der Waals surface area contributed by atoms with Crippen LogP contribution in [0.2, 0.25) is 0 Å². The quantitative estimate of drug-likeness (QED) is 0.440. The van der Waals surface area contributed by atoms with Gasteiger partial charge in [-0.1, -0.05) is 35.9 Å². The van der Waals surface area contributed by atoms with Crippen LogP contribution in [0, 0.1) is 25.2 Å². The number of nitriles is 1. The maximum atomic E-state index is 13.6. The number of allylic oxidation sites excluding steroid dienone is 1. The second-order valence-electron chi connectivity index (χ2n) is 8.70. The summed E-state index contributed by atoms with van der Waals surface area (Å²) in [6, 6.07) is 15.2. The van der Waals surface area contributed by atoms with Crippen LogP contribution < -0.4 is 14.8 Å². The number of esters is 1. The molecule has 0 radical (unpaired) electrons. The Labute approximate surface area is 211 Å². The molecule has 0 amide bonds. The number of aryl methyl sites for hydroxylation is 2. The number of hydrogen-bond donors (Lipinski definition) is 1. The van der Waals surface area contributed by atoms with Gasteiger partial charge < -0.3 is 19.5 Å². The van der Waals surface area contributed by atoms with Crippen molar-refractivity contribution in [2.24, 2.45) is 0 Å². The van der Waals surface area contributed by atoms with Gasteiger partial charge in [0.15, 0.2) is 0 Å². The van der Waals surface area contributed by atoms with Crippen LogP contribution in [0.15, 0.2) is 59.9 Å². The van der Waals surface area contributed by atoms with Crippen molar-refractivity contribution in [1.82, 2.24) is 4.98 Å². The van der Waals surface area contributed by atoms with Gasteiger partial charge in [-0.2, -0.15) is 5.26 Å². The van der Waals surface area contributed by atoms with Crippen molar-refractivity contribution in [3.63, 3.8) is 0 Å². The molecule has 1 atom stereocenters. The number of carbonyl (C=O) groups is 1. The van der Waals surface area contributed by atoms with Gasteiger partial charge in [0.1, 0.15) is 12.4 Å². The first-order valence-corrected chi connectivity index (χ1v) is 11.8. The number of aromatic nitrogens is 1. The van der Waals surface area contributed by atoms with E-state index in [0.29, 0.717) is 40.6 Å². The van der Waals surface area contributed by atoms with E-state index in [1.807, 2.05) is 58.0 Å². The second-order valence-corrected chi connectivity index (χ2v) is 8.70. The molecule has 0 aliphatic carbocycles. The third kappa shape index (κ3) is 4.76. The Morgan fingerprint density at radius 2 is 1.89 bits per heavy atom. The van der Waals surface area contributed by atoms with Gasteiger partial charge in [-0.05, 0) is 51.0 Å². The highest BCUT2D eigenvalue weighted by molar-refractivity contribution is 5.95. The largest absolute Gasteiger partial charge is 0.496 e. The van der Waals surface area contributed by atoms with Gasteiger partial charge in [0.25, 0.3) is 0 Å². The van der Waals surface area contributed by atoms with Gasteiger partial charge in [0.05, 0.1) is 48.1 Å². The maximum absolute atomic E-state index is 13.6. The van der Waals surface area contributed by atoms with Crippen LogP contribution >= 0.6 is 0 Å². The van der Waals surface area contributed by atoms with Gasteiger partial charge in [-0.15, -0.1) is 0 Å². The van der Waals surface area contributed by atoms with E-state index >= 15 is 0 Å². The number of hydrogen-bond acceptors (Lipinski definition) is 7. The molecule has 0 bridgehead atoms. The molecule has 7 heteroatoms. The molecule has 36 heavy (non-hydrogen) atoms. The molecule has 1 aliphatic heterocycles. The molecule has 1 aromatic heterocycles. The summed E-state index contributed by atoms with van der Waals surface area (Å²) < 4.78 is 17.4. The fourth-order valence-electron chi connectivity index (χ4n) is 4.42. The molecular formula is C29H29N3O4. The lowest BCUT2D eigenvalue weighted by Crippen LogP contribution is -2.26. The molecule has 184 valence electrons. The van der Waals surface area contributed by atoms with E-state index in [2.05, 4.69) is 16.4 Å². The third-order valence-corrected chi connectivity index (χ3v) is 6.23. The van der Waals surface area contributed by atoms with E-state index in [4.69, 9.17) is 14.2 Å². The van der Waals surface area contributed by atoms with Crippen LogP contribution in [-0.4, -0.2) is 24.7 Å². The smallest absolute Gasteiger partial charge is 0.337 e. The summed E-state index contributed by atoms with van der Waals surface area (Å²) >= 11 is 0. The van der Waals surface area contributed by atoms with Crippen LogP contribution in [0.3, 0.4) is 0 Å². The number of nitrogens with zero attached hydrogens (tertiary/aromatic N) is 2. The summed E-state index contributed by atoms with van der Waals surface area (Å²) in [5.41, 5.74) is 6.79. The van der Waals surface area contributed by atoms with Crippen molar-refractivity contribution < 1.29 is 19.0 Å². The van der Waals surface area contributed by atoms with E-state index in [-0.39, 0.29) is 6.61 Å². The number of carbonyl (C=O) groups excluding carboxylic acids is 1. The number of pyridine rings is 1. The van der Waals surface area contributed by atoms with Crippen LogP contribution in [0.25, 0.3) is 0 Å². The number of benzene rings is 2. The Morgan fingerprint density at radius 1 is 1.14 bits per heavy atom. The third-order valence-electron chi connectivity index (χ3n) is 6.23. The molecule has 4 rings (SSSR count). The first-order chi connectivity index (χ1) is 17.4. The van der Waals surface area contributed by atoms with Crippen LogP contribution in [0.4, 0.5) is 5.69 Å². The summed E-state index contributed by atoms with van der Waals surface area (Å²) in [4.78, 5) is 18.2. The minimum atomic E-state index is -0.580. The summed E-state index contributed by atoms with van der Waals surface area (Å²) in [5, 5.41) is 12.8. The molecule has 1 aliphatic rings. The standard InChI is InChI=1S/C29H29N3O4/c1-6-35-28-26-25(22-12-11-21(14-30)13-23(22)34-5)24(19(4)32-27(26)18(3)15-31-28)29(33)36-16-20-9-7-17(2)8-10-20/h7-13,15,25,32H,6,16H2,1-5H3/t25-/m1/s1. The second kappa shape index (κ2) is 10.5. The topological polar surface area (TPSA) is 93.5 Å². The van der Waals surface area contributed by atoms with Crippen LogP contribution in [0.1, 0.15) is 53.1 Å². The number of nitrogens with one attached hydrogen (secondary N) is 1. The Kier molecular flexibility index (Phi) is 7.25. The summed E-state index contributed by atoms with van der Waals surface area (Å²) in [5.74, 6) is -0.110. The Bertz CT molecular complexity index is 1370. The van der Waals surface area contributed by atoms with Crippen LogP contribution in [-0.2, 0) is 16.1 Å². The van der Waals surface area contributed by atoms with Gasteiger partial charge in [0.2, 0.25) is 5.88 Å². The van der Waals surface area contributed by atoms with Crippen molar-refractivity contribution >= 4 is 11.7 Å². The molecule has 1 N–H and O–H groups in total. The molecule has 0 unspecified atom stereocenters. The average Bonchev–Trinajstić information content (AvgIpc) is 2.89. The zero-order valence-corrected chi connectivity index (χ0v) is 21.1. The molecule has 0 spiro atoms. The summed E-state index contributed by atoms with van der Waals surface area (Å²) in [6.45, 7) is 8.26. The molecule has 2 heterocycles. The highest BCUT2D eigenvalue weighted by Crippen LogP contribution is 2.49. The van der Waals surface area contributed by atoms with Crippen molar-refractivity contribution in [2.75, 3.05) is 19.0 Å². The number of anilines is 1. The lowest BCUT2D eigenvalue weighted by atomic mass is 9.79. The molecule has 0 fully saturated rings. The van der Waals surface area contributed by atoms with E-state index in [9.17, 15) is 10.1 Å². The number of fused-ring (bicyclic) bond motifs is 1. The van der Waals surface area contributed by atoms with E-state index in [1.54, 1.807) is 25.4 Å². The summed E-state index contributed by atoms with van der Waals surface area (Å²) in [6.07, 6.45) is 1.75. The van der Waals surface area contributed by atoms with Gasteiger partial charge in [-0.25, -0.2) is 9.78 Å². The average molecular weight is 484 g/mol. The molecule has 0 saturated carbocycles. The van der Waals surface area contributed by atoms with Crippen molar-refractivity contribution in [3.8, 4) is 17.7 Å². The van der Waals surface area contributed by atoms with Gasteiger partial charge in [0, 0.05) is 17.5 Å².